The van der Waals surface area contributed by atoms with Gasteiger partial charge in [0.05, 0.1) is 19.7 Å². The molecule has 1 unspecified atom stereocenters. The maximum atomic E-state index is 5.70. The van der Waals surface area contributed by atoms with E-state index in [1.54, 1.807) is 0 Å². The summed E-state index contributed by atoms with van der Waals surface area (Å²) in [5.41, 5.74) is 0.826. The van der Waals surface area contributed by atoms with Crippen molar-refractivity contribution in [3.63, 3.8) is 0 Å². The van der Waals surface area contributed by atoms with E-state index in [2.05, 4.69) is 19.6 Å². The van der Waals surface area contributed by atoms with Gasteiger partial charge < -0.3 is 21.7 Å². The molecular weight excluding hydrogens is 257 g/mol. The summed E-state index contributed by atoms with van der Waals surface area (Å²) in [5, 5.41) is 0.882. The second-order valence-corrected chi connectivity index (χ2v) is 9.11. The van der Waals surface area contributed by atoms with Crippen molar-refractivity contribution in [2.24, 2.45) is 0 Å². The number of hydrogen-bond acceptors (Lipinski definition) is 3. The lowest BCUT2D eigenvalue weighted by molar-refractivity contribution is -0.896. The van der Waals surface area contributed by atoms with Gasteiger partial charge in [-0.15, -0.1) is 5.73 Å². The lowest BCUT2D eigenvalue weighted by Gasteiger charge is -2.28. The quantitative estimate of drug-likeness (QED) is 0.429. The molecule has 0 radical (unpaired) electrons. The fraction of sp³-hybridized carbons (Fsp3) is 0.545. The molecule has 0 amide bonds. The Kier molecular flexibility index (Phi) is 6.06. The second-order valence-electron chi connectivity index (χ2n) is 3.59. The van der Waals surface area contributed by atoms with Gasteiger partial charge >= 0.3 is 0 Å². The van der Waals surface area contributed by atoms with Crippen LogP contribution in [-0.2, 0) is 28.6 Å². The molecule has 0 aliphatic heterocycles. The van der Waals surface area contributed by atoms with Crippen LogP contribution in [0.25, 0.3) is 0 Å². The van der Waals surface area contributed by atoms with Gasteiger partial charge in [0.15, 0.2) is 0 Å². The number of allylic oxidation sites excluding steroid dienone is 3. The third-order valence-corrected chi connectivity index (χ3v) is 5.80. The first kappa shape index (κ1) is 14.2. The van der Waals surface area contributed by atoms with Crippen LogP contribution in [0.15, 0.2) is 29.3 Å². The van der Waals surface area contributed by atoms with Gasteiger partial charge in [-0.05, 0) is 31.5 Å². The third kappa shape index (κ3) is 4.21. The zero-order valence-corrected chi connectivity index (χ0v) is 12.3. The molecule has 0 bridgehead atoms. The maximum Gasteiger partial charge on any atom is 0.101 e. The zero-order chi connectivity index (χ0) is 12.0. The van der Waals surface area contributed by atoms with E-state index >= 15 is 0 Å². The van der Waals surface area contributed by atoms with Crippen molar-refractivity contribution < 1.29 is 9.42 Å². The van der Waals surface area contributed by atoms with E-state index in [9.17, 15) is 0 Å². The van der Waals surface area contributed by atoms with E-state index < -0.39 is 5.47 Å². The first-order valence-electron chi connectivity index (χ1n) is 5.53. The molecule has 90 valence electrons. The molecule has 2 nitrogen and oxygen atoms in total. The molecule has 0 fully saturated rings. The zero-order valence-electron chi connectivity index (χ0n) is 9.73. The van der Waals surface area contributed by atoms with E-state index in [1.165, 1.54) is 4.90 Å². The fourth-order valence-electron chi connectivity index (χ4n) is 1.47. The number of quaternary nitrogens is 1. The normalized spacial score (nSPS) is 17.9. The van der Waals surface area contributed by atoms with Gasteiger partial charge in [0.1, 0.15) is 6.54 Å². The highest BCUT2D eigenvalue weighted by atomic mass is 32.9. The van der Waals surface area contributed by atoms with Crippen molar-refractivity contribution in [3.8, 4) is 0 Å². The summed E-state index contributed by atoms with van der Waals surface area (Å²) >= 11 is 10.7. The SMILES string of the molecule is CC[NH+](CC)CCOP(=S)([S-])C1=C=CC=C1. The molecule has 0 saturated heterocycles. The molecule has 5 heteroatoms. The largest absolute Gasteiger partial charge is 0.714 e. The predicted molar refractivity (Wildman–Crippen MR) is 75.2 cm³/mol. The topological polar surface area (TPSA) is 13.7 Å². The van der Waals surface area contributed by atoms with E-state index in [4.69, 9.17) is 28.6 Å². The Labute approximate surface area is 108 Å². The number of nitrogens with one attached hydrogen (secondary N) is 1. The van der Waals surface area contributed by atoms with Gasteiger partial charge in [-0.25, -0.2) is 0 Å². The van der Waals surface area contributed by atoms with Crippen LogP contribution in [0.5, 0.6) is 0 Å². The van der Waals surface area contributed by atoms with Gasteiger partial charge in [0.2, 0.25) is 0 Å². The first-order chi connectivity index (χ1) is 7.60. The van der Waals surface area contributed by atoms with Crippen LogP contribution in [0, 0.1) is 0 Å². The standard InChI is InChI=1S/C11H18NOPS2/c1-3-12(4-2)9-10-13-14(15,16)11-7-5-6-8-11/h5-7H,3-4,9-10H2,1-2H3,(H,15,16). The van der Waals surface area contributed by atoms with Gasteiger partial charge in [-0.2, -0.15) is 0 Å². The van der Waals surface area contributed by atoms with Gasteiger partial charge in [-0.3, -0.25) is 0 Å². The second kappa shape index (κ2) is 6.80. The lowest BCUT2D eigenvalue weighted by Crippen LogP contribution is -3.11. The summed E-state index contributed by atoms with van der Waals surface area (Å²) in [6.45, 7) is 8.20. The summed E-state index contributed by atoms with van der Waals surface area (Å²) in [6, 6.07) is 0. The molecule has 1 N–H and O–H groups in total. The molecule has 16 heavy (non-hydrogen) atoms. The molecule has 0 spiro atoms. The smallest absolute Gasteiger partial charge is 0.101 e. The van der Waals surface area contributed by atoms with Gasteiger partial charge in [0.25, 0.3) is 0 Å². The van der Waals surface area contributed by atoms with Crippen molar-refractivity contribution >= 4 is 29.5 Å². The number of rotatable bonds is 7. The van der Waals surface area contributed by atoms with Crippen LogP contribution < -0.4 is 4.90 Å². The van der Waals surface area contributed by atoms with Gasteiger partial charge in [-0.1, -0.05) is 17.9 Å². The Morgan fingerprint density at radius 3 is 2.69 bits per heavy atom. The summed E-state index contributed by atoms with van der Waals surface area (Å²) < 4.78 is 5.70. The van der Waals surface area contributed by atoms with Crippen molar-refractivity contribution in [3.05, 3.63) is 29.3 Å². The molecule has 1 aliphatic rings. The maximum absolute atomic E-state index is 5.70. The molecule has 1 atom stereocenters. The van der Waals surface area contributed by atoms with E-state index in [0.717, 1.165) is 24.9 Å². The summed E-state index contributed by atoms with van der Waals surface area (Å²) in [4.78, 5) is 1.51. The van der Waals surface area contributed by atoms with Crippen LogP contribution in [0.2, 0.25) is 0 Å². The average molecular weight is 275 g/mol. The van der Waals surface area contributed by atoms with Crippen LogP contribution in [0.4, 0.5) is 0 Å². The van der Waals surface area contributed by atoms with Crippen molar-refractivity contribution in [1.29, 1.82) is 0 Å². The van der Waals surface area contributed by atoms with E-state index in [-0.39, 0.29) is 0 Å². The van der Waals surface area contributed by atoms with Crippen LogP contribution in [-0.4, -0.2) is 26.2 Å². The third-order valence-electron chi connectivity index (χ3n) is 2.59. The molecule has 0 aromatic rings. The Balaban J connectivity index is 2.40. The Hall–Kier alpha value is 0.180. The highest BCUT2D eigenvalue weighted by Gasteiger charge is 2.09. The molecule has 0 aromatic heterocycles. The number of likely N-dealkylation sites (N-methyl/N-ethyl adjacent to an activating group) is 1. The Morgan fingerprint density at radius 2 is 2.19 bits per heavy atom. The van der Waals surface area contributed by atoms with Crippen LogP contribution >= 0.6 is 5.47 Å². The van der Waals surface area contributed by atoms with Crippen LogP contribution in [0.1, 0.15) is 13.8 Å². The predicted octanol–water partition coefficient (Wildman–Crippen LogP) is 1.39. The van der Waals surface area contributed by atoms with E-state index in [1.807, 2.05) is 18.2 Å². The molecule has 0 heterocycles. The minimum absolute atomic E-state index is 0.650. The number of hydrogen-bond donors (Lipinski definition) is 1. The monoisotopic (exact) mass is 275 g/mol. The molecular formula is C11H18NOPS2. The summed E-state index contributed by atoms with van der Waals surface area (Å²) in [6.07, 6.45) is 5.65. The minimum Gasteiger partial charge on any atom is -0.714 e. The molecule has 0 aromatic carbocycles. The van der Waals surface area contributed by atoms with Crippen molar-refractivity contribution in [2.75, 3.05) is 26.2 Å². The Bertz CT molecular complexity index is 368. The first-order valence-corrected chi connectivity index (χ1v) is 9.26. The van der Waals surface area contributed by atoms with Crippen molar-refractivity contribution in [1.82, 2.24) is 0 Å². The minimum atomic E-state index is -2.23. The summed E-state index contributed by atoms with van der Waals surface area (Å²) in [5.74, 6) is 0. The molecule has 1 aliphatic carbocycles. The Morgan fingerprint density at radius 1 is 1.50 bits per heavy atom. The molecule has 1 rings (SSSR count). The summed E-state index contributed by atoms with van der Waals surface area (Å²) in [7, 11) is 0. The van der Waals surface area contributed by atoms with Crippen molar-refractivity contribution in [2.45, 2.75) is 13.8 Å². The van der Waals surface area contributed by atoms with E-state index in [0.29, 0.717) is 6.61 Å². The fourth-order valence-corrected chi connectivity index (χ4v) is 3.58. The lowest BCUT2D eigenvalue weighted by atomic mass is 10.5. The van der Waals surface area contributed by atoms with Gasteiger partial charge in [0, 0.05) is 5.31 Å². The average Bonchev–Trinajstić information content (AvgIpc) is 2.78. The highest BCUT2D eigenvalue weighted by molar-refractivity contribution is 8.54. The van der Waals surface area contributed by atoms with Crippen LogP contribution in [0.3, 0.4) is 0 Å². The molecule has 0 saturated carbocycles. The highest BCUT2D eigenvalue weighted by Crippen LogP contribution is 2.53.